The van der Waals surface area contributed by atoms with Crippen molar-refractivity contribution in [3.8, 4) is 0 Å². The van der Waals surface area contributed by atoms with Crippen molar-refractivity contribution in [3.63, 3.8) is 0 Å². The molecule has 0 unspecified atom stereocenters. The van der Waals surface area contributed by atoms with Crippen molar-refractivity contribution in [2.75, 3.05) is 17.7 Å². The van der Waals surface area contributed by atoms with Gasteiger partial charge in [0.05, 0.1) is 0 Å². The van der Waals surface area contributed by atoms with Crippen LogP contribution in [-0.4, -0.2) is 7.05 Å². The third-order valence-electron chi connectivity index (χ3n) is 3.07. The van der Waals surface area contributed by atoms with Gasteiger partial charge in [0.15, 0.2) is 0 Å². The summed E-state index contributed by atoms with van der Waals surface area (Å²) in [5.41, 5.74) is 10.1. The highest BCUT2D eigenvalue weighted by Gasteiger charge is 2.06. The fourth-order valence-electron chi connectivity index (χ4n) is 1.84. The molecule has 2 aromatic rings. The number of hydrogen-bond donors (Lipinski definition) is 1. The zero-order valence-corrected chi connectivity index (χ0v) is 11.4. The first-order chi connectivity index (χ1) is 8.58. The van der Waals surface area contributed by atoms with E-state index in [4.69, 9.17) is 17.3 Å². The van der Waals surface area contributed by atoms with Gasteiger partial charge < -0.3 is 10.6 Å². The van der Waals surface area contributed by atoms with Gasteiger partial charge in [-0.1, -0.05) is 35.9 Å². The largest absolute Gasteiger partial charge is 0.398 e. The van der Waals surface area contributed by atoms with Crippen LogP contribution in [0.2, 0.25) is 5.02 Å². The molecule has 2 N–H and O–H groups in total. The van der Waals surface area contributed by atoms with Crippen LogP contribution in [0.3, 0.4) is 0 Å². The first kappa shape index (κ1) is 12.8. The molecule has 0 fully saturated rings. The lowest BCUT2D eigenvalue weighted by Gasteiger charge is -2.21. The molecule has 0 aliphatic heterocycles. The number of aryl methyl sites for hydroxylation is 1. The van der Waals surface area contributed by atoms with E-state index in [1.165, 1.54) is 0 Å². The number of hydrogen-bond acceptors (Lipinski definition) is 2. The molecule has 0 saturated heterocycles. The highest BCUT2D eigenvalue weighted by atomic mass is 35.5. The van der Waals surface area contributed by atoms with Gasteiger partial charge in [-0.15, -0.1) is 0 Å². The number of halogens is 1. The summed E-state index contributed by atoms with van der Waals surface area (Å²) >= 11 is 6.16. The maximum atomic E-state index is 6.16. The summed E-state index contributed by atoms with van der Waals surface area (Å²) in [6.07, 6.45) is 0. The van der Waals surface area contributed by atoms with Gasteiger partial charge in [0.2, 0.25) is 0 Å². The maximum absolute atomic E-state index is 6.16. The highest BCUT2D eigenvalue weighted by Crippen LogP contribution is 2.23. The SMILES string of the molecule is Cc1ccc(N(C)Cc2ccccc2Cl)cc1N. The van der Waals surface area contributed by atoms with Crippen molar-refractivity contribution in [2.45, 2.75) is 13.5 Å². The Morgan fingerprint density at radius 3 is 2.56 bits per heavy atom. The molecule has 0 radical (unpaired) electrons. The Bertz CT molecular complexity index is 552. The van der Waals surface area contributed by atoms with E-state index < -0.39 is 0 Å². The second kappa shape index (κ2) is 5.32. The number of nitrogen functional groups attached to an aromatic ring is 1. The molecule has 0 saturated carbocycles. The normalized spacial score (nSPS) is 10.4. The van der Waals surface area contributed by atoms with Crippen LogP contribution < -0.4 is 10.6 Å². The summed E-state index contributed by atoms with van der Waals surface area (Å²) in [4.78, 5) is 2.14. The quantitative estimate of drug-likeness (QED) is 0.849. The number of benzene rings is 2. The van der Waals surface area contributed by atoms with Crippen molar-refractivity contribution in [3.05, 3.63) is 58.6 Å². The van der Waals surface area contributed by atoms with Crippen LogP contribution in [0.25, 0.3) is 0 Å². The van der Waals surface area contributed by atoms with Crippen LogP contribution in [-0.2, 0) is 6.54 Å². The number of rotatable bonds is 3. The van der Waals surface area contributed by atoms with Crippen molar-refractivity contribution in [2.24, 2.45) is 0 Å². The minimum Gasteiger partial charge on any atom is -0.398 e. The fraction of sp³-hybridized carbons (Fsp3) is 0.200. The lowest BCUT2D eigenvalue weighted by Crippen LogP contribution is -2.16. The molecule has 18 heavy (non-hydrogen) atoms. The van der Waals surface area contributed by atoms with Crippen LogP contribution in [0, 0.1) is 6.92 Å². The van der Waals surface area contributed by atoms with Gasteiger partial charge in [-0.25, -0.2) is 0 Å². The molecular weight excluding hydrogens is 244 g/mol. The maximum Gasteiger partial charge on any atom is 0.0455 e. The van der Waals surface area contributed by atoms with E-state index in [-0.39, 0.29) is 0 Å². The van der Waals surface area contributed by atoms with Gasteiger partial charge in [0, 0.05) is 30.0 Å². The molecule has 0 atom stereocenters. The van der Waals surface area contributed by atoms with Gasteiger partial charge in [0.1, 0.15) is 0 Å². The van der Waals surface area contributed by atoms with Crippen molar-refractivity contribution in [1.82, 2.24) is 0 Å². The molecule has 94 valence electrons. The molecule has 2 rings (SSSR count). The highest BCUT2D eigenvalue weighted by molar-refractivity contribution is 6.31. The number of anilines is 2. The monoisotopic (exact) mass is 260 g/mol. The summed E-state index contributed by atoms with van der Waals surface area (Å²) in [7, 11) is 2.04. The zero-order valence-electron chi connectivity index (χ0n) is 10.7. The first-order valence-corrected chi connectivity index (χ1v) is 6.26. The summed E-state index contributed by atoms with van der Waals surface area (Å²) in [6, 6.07) is 14.0. The van der Waals surface area contributed by atoms with Crippen LogP contribution in [0.1, 0.15) is 11.1 Å². The molecule has 0 aliphatic rings. The van der Waals surface area contributed by atoms with Crippen molar-refractivity contribution in [1.29, 1.82) is 0 Å². The second-order valence-corrected chi connectivity index (χ2v) is 4.90. The predicted octanol–water partition coefficient (Wildman–Crippen LogP) is 3.87. The molecular formula is C15H17ClN2. The molecule has 0 bridgehead atoms. The molecule has 0 aliphatic carbocycles. The third-order valence-corrected chi connectivity index (χ3v) is 3.44. The fourth-order valence-corrected chi connectivity index (χ4v) is 2.03. The number of nitrogens with two attached hydrogens (primary N) is 1. The Kier molecular flexibility index (Phi) is 3.78. The van der Waals surface area contributed by atoms with Gasteiger partial charge in [-0.05, 0) is 36.2 Å². The zero-order chi connectivity index (χ0) is 13.1. The lowest BCUT2D eigenvalue weighted by molar-refractivity contribution is 0.923. The second-order valence-electron chi connectivity index (χ2n) is 4.49. The summed E-state index contributed by atoms with van der Waals surface area (Å²) in [5, 5.41) is 0.796. The van der Waals surface area contributed by atoms with E-state index in [0.717, 1.165) is 34.1 Å². The molecule has 2 nitrogen and oxygen atoms in total. The van der Waals surface area contributed by atoms with Gasteiger partial charge in [-0.2, -0.15) is 0 Å². The Hall–Kier alpha value is -1.67. The van der Waals surface area contributed by atoms with Crippen molar-refractivity contribution >= 4 is 23.0 Å². The predicted molar refractivity (Wildman–Crippen MR) is 79.2 cm³/mol. The minimum absolute atomic E-state index is 0.766. The Morgan fingerprint density at radius 2 is 1.89 bits per heavy atom. The first-order valence-electron chi connectivity index (χ1n) is 5.88. The van der Waals surface area contributed by atoms with Crippen LogP contribution >= 0.6 is 11.6 Å². The van der Waals surface area contributed by atoms with E-state index in [0.29, 0.717) is 0 Å². The van der Waals surface area contributed by atoms with Crippen LogP contribution in [0.4, 0.5) is 11.4 Å². The average molecular weight is 261 g/mol. The van der Waals surface area contributed by atoms with Crippen LogP contribution in [0.15, 0.2) is 42.5 Å². The molecule has 0 amide bonds. The minimum atomic E-state index is 0.766. The molecule has 0 spiro atoms. The standard InChI is InChI=1S/C15H17ClN2/c1-11-7-8-13(9-15(11)17)18(2)10-12-5-3-4-6-14(12)16/h3-9H,10,17H2,1-2H3. The summed E-state index contributed by atoms with van der Waals surface area (Å²) in [5.74, 6) is 0. The topological polar surface area (TPSA) is 29.3 Å². The van der Waals surface area contributed by atoms with Gasteiger partial charge in [-0.3, -0.25) is 0 Å². The Balaban J connectivity index is 2.19. The molecule has 3 heteroatoms. The van der Waals surface area contributed by atoms with Gasteiger partial charge >= 0.3 is 0 Å². The Morgan fingerprint density at radius 1 is 1.17 bits per heavy atom. The smallest absolute Gasteiger partial charge is 0.0455 e. The third kappa shape index (κ3) is 2.77. The molecule has 0 heterocycles. The van der Waals surface area contributed by atoms with Crippen molar-refractivity contribution < 1.29 is 0 Å². The number of nitrogens with zero attached hydrogens (tertiary/aromatic N) is 1. The Labute approximate surface area is 113 Å². The van der Waals surface area contributed by atoms with E-state index in [1.54, 1.807) is 0 Å². The van der Waals surface area contributed by atoms with E-state index >= 15 is 0 Å². The van der Waals surface area contributed by atoms with Crippen LogP contribution in [0.5, 0.6) is 0 Å². The summed E-state index contributed by atoms with van der Waals surface area (Å²) in [6.45, 7) is 2.77. The van der Waals surface area contributed by atoms with E-state index in [2.05, 4.69) is 11.0 Å². The lowest BCUT2D eigenvalue weighted by atomic mass is 10.1. The molecule has 2 aromatic carbocycles. The average Bonchev–Trinajstić information content (AvgIpc) is 2.35. The van der Waals surface area contributed by atoms with Gasteiger partial charge in [0.25, 0.3) is 0 Å². The summed E-state index contributed by atoms with van der Waals surface area (Å²) < 4.78 is 0. The molecule has 0 aromatic heterocycles. The van der Waals surface area contributed by atoms with E-state index in [9.17, 15) is 0 Å². The van der Waals surface area contributed by atoms with E-state index in [1.807, 2.05) is 50.4 Å².